The molecule has 0 aromatic carbocycles. The van der Waals surface area contributed by atoms with E-state index in [2.05, 4.69) is 11.2 Å². The molecule has 0 saturated heterocycles. The van der Waals surface area contributed by atoms with E-state index in [0.717, 1.165) is 12.8 Å². The molecule has 94 valence electrons. The fraction of sp³-hybridized carbons (Fsp3) is 0.462. The maximum atomic E-state index is 12.1. The van der Waals surface area contributed by atoms with E-state index in [1.54, 1.807) is 33.7 Å². The summed E-state index contributed by atoms with van der Waals surface area (Å²) in [6, 6.07) is 3.97. The van der Waals surface area contributed by atoms with Crippen molar-refractivity contribution >= 4 is 5.52 Å². The normalized spacial score (nSPS) is 11.6. The number of aromatic nitrogens is 3. The number of nitrogens with zero attached hydrogens (tertiary/aromatic N) is 4. The Hall–Kier alpha value is -2.09. The summed E-state index contributed by atoms with van der Waals surface area (Å²) in [5.74, 6) is 0. The van der Waals surface area contributed by atoms with Gasteiger partial charge in [-0.05, 0) is 32.8 Å². The van der Waals surface area contributed by atoms with Crippen molar-refractivity contribution in [2.75, 3.05) is 0 Å². The van der Waals surface area contributed by atoms with Crippen molar-refractivity contribution in [1.82, 2.24) is 14.2 Å². The highest BCUT2D eigenvalue weighted by atomic mass is 16.1. The fourth-order valence-electron chi connectivity index (χ4n) is 1.88. The van der Waals surface area contributed by atoms with Crippen LogP contribution in [0.15, 0.2) is 29.5 Å². The summed E-state index contributed by atoms with van der Waals surface area (Å²) in [4.78, 5) is 12.1. The quantitative estimate of drug-likeness (QED) is 0.824. The maximum Gasteiger partial charge on any atom is 0.276 e. The second-order valence-electron chi connectivity index (χ2n) is 5.06. The molecule has 0 spiro atoms. The van der Waals surface area contributed by atoms with Crippen LogP contribution in [0.3, 0.4) is 0 Å². The van der Waals surface area contributed by atoms with Crippen molar-refractivity contribution in [1.29, 1.82) is 5.26 Å². The number of rotatable bonds is 4. The molecule has 0 aliphatic rings. The third-order valence-electron chi connectivity index (χ3n) is 3.04. The van der Waals surface area contributed by atoms with Gasteiger partial charge in [-0.2, -0.15) is 10.4 Å². The van der Waals surface area contributed by atoms with Crippen LogP contribution >= 0.6 is 0 Å². The average Bonchev–Trinajstić information content (AvgIpc) is 2.81. The number of hydrogen-bond donors (Lipinski definition) is 0. The molecule has 2 aromatic rings. The lowest BCUT2D eigenvalue weighted by Gasteiger charge is -2.14. The van der Waals surface area contributed by atoms with E-state index in [-0.39, 0.29) is 11.0 Å². The first-order chi connectivity index (χ1) is 8.53. The van der Waals surface area contributed by atoms with Gasteiger partial charge in [0, 0.05) is 18.9 Å². The van der Waals surface area contributed by atoms with Crippen molar-refractivity contribution in [3.63, 3.8) is 0 Å². The van der Waals surface area contributed by atoms with Crippen LogP contribution in [-0.4, -0.2) is 14.2 Å². The third kappa shape index (κ3) is 2.43. The second kappa shape index (κ2) is 4.65. The summed E-state index contributed by atoms with van der Waals surface area (Å²) in [7, 11) is 0. The molecular formula is C13H16N4O. The SMILES string of the molecule is CC(C)(C#N)CCCn1ccn2nccc2c1=O. The van der Waals surface area contributed by atoms with Gasteiger partial charge in [0.05, 0.1) is 17.7 Å². The van der Waals surface area contributed by atoms with Crippen LogP contribution in [0.1, 0.15) is 26.7 Å². The Morgan fingerprint density at radius 3 is 2.94 bits per heavy atom. The van der Waals surface area contributed by atoms with Gasteiger partial charge in [-0.1, -0.05) is 0 Å². The molecule has 0 aliphatic heterocycles. The molecule has 0 aliphatic carbocycles. The van der Waals surface area contributed by atoms with E-state index in [1.165, 1.54) is 0 Å². The van der Waals surface area contributed by atoms with Crippen molar-refractivity contribution in [3.05, 3.63) is 35.0 Å². The van der Waals surface area contributed by atoms with Gasteiger partial charge in [0.2, 0.25) is 0 Å². The van der Waals surface area contributed by atoms with Crippen molar-refractivity contribution in [2.24, 2.45) is 5.41 Å². The van der Waals surface area contributed by atoms with Gasteiger partial charge in [0.15, 0.2) is 0 Å². The Kier molecular flexibility index (Phi) is 3.19. The number of aryl methyl sites for hydroxylation is 1. The number of nitriles is 1. The summed E-state index contributed by atoms with van der Waals surface area (Å²) in [6.07, 6.45) is 6.71. The lowest BCUT2D eigenvalue weighted by atomic mass is 9.90. The summed E-state index contributed by atoms with van der Waals surface area (Å²) < 4.78 is 3.24. The fourth-order valence-corrected chi connectivity index (χ4v) is 1.88. The Balaban J connectivity index is 2.11. The Morgan fingerprint density at radius 2 is 2.22 bits per heavy atom. The lowest BCUT2D eigenvalue weighted by molar-refractivity contribution is 0.413. The Bertz CT molecular complexity index is 645. The Morgan fingerprint density at radius 1 is 1.44 bits per heavy atom. The lowest BCUT2D eigenvalue weighted by Crippen LogP contribution is -2.22. The molecule has 0 radical (unpaired) electrons. The molecule has 0 unspecified atom stereocenters. The molecule has 0 fully saturated rings. The largest absolute Gasteiger partial charge is 0.312 e. The molecular weight excluding hydrogens is 228 g/mol. The van der Waals surface area contributed by atoms with Gasteiger partial charge in [0.1, 0.15) is 5.52 Å². The van der Waals surface area contributed by atoms with Gasteiger partial charge in [-0.3, -0.25) is 4.79 Å². The highest BCUT2D eigenvalue weighted by molar-refractivity contribution is 5.42. The minimum atomic E-state index is -0.329. The second-order valence-corrected chi connectivity index (χ2v) is 5.06. The van der Waals surface area contributed by atoms with Crippen LogP contribution < -0.4 is 5.56 Å². The Labute approximate surface area is 105 Å². The van der Waals surface area contributed by atoms with Gasteiger partial charge in [0.25, 0.3) is 5.56 Å². The van der Waals surface area contributed by atoms with Crippen LogP contribution in [-0.2, 0) is 6.54 Å². The van der Waals surface area contributed by atoms with Crippen LogP contribution in [0.5, 0.6) is 0 Å². The first-order valence-corrected chi connectivity index (χ1v) is 5.97. The molecule has 0 atom stereocenters. The number of hydrogen-bond acceptors (Lipinski definition) is 3. The molecule has 0 amide bonds. The zero-order valence-electron chi connectivity index (χ0n) is 10.6. The van der Waals surface area contributed by atoms with E-state index < -0.39 is 0 Å². The van der Waals surface area contributed by atoms with E-state index in [0.29, 0.717) is 12.1 Å². The zero-order valence-corrected chi connectivity index (χ0v) is 10.6. The smallest absolute Gasteiger partial charge is 0.276 e. The predicted molar refractivity (Wildman–Crippen MR) is 68.1 cm³/mol. The third-order valence-corrected chi connectivity index (χ3v) is 3.04. The summed E-state index contributed by atoms with van der Waals surface area (Å²) in [6.45, 7) is 4.46. The van der Waals surface area contributed by atoms with Gasteiger partial charge in [-0.15, -0.1) is 0 Å². The summed E-state index contributed by atoms with van der Waals surface area (Å²) >= 11 is 0. The van der Waals surface area contributed by atoms with Crippen LogP contribution in [0.4, 0.5) is 0 Å². The van der Waals surface area contributed by atoms with Crippen LogP contribution in [0.25, 0.3) is 5.52 Å². The van der Waals surface area contributed by atoms with Crippen molar-refractivity contribution in [3.8, 4) is 6.07 Å². The topological polar surface area (TPSA) is 63.1 Å². The zero-order chi connectivity index (χ0) is 13.2. The molecule has 5 nitrogen and oxygen atoms in total. The monoisotopic (exact) mass is 244 g/mol. The standard InChI is InChI=1S/C13H16N4O/c1-13(2,10-14)5-3-7-16-8-9-17-11(12(16)18)4-6-15-17/h4,6,8-9H,3,5,7H2,1-2H3. The average molecular weight is 244 g/mol. The molecule has 2 heterocycles. The predicted octanol–water partition coefficient (Wildman–Crippen LogP) is 1.83. The van der Waals surface area contributed by atoms with E-state index >= 15 is 0 Å². The minimum Gasteiger partial charge on any atom is -0.312 e. The molecule has 0 bridgehead atoms. The molecule has 2 rings (SSSR count). The van der Waals surface area contributed by atoms with E-state index in [9.17, 15) is 4.79 Å². The van der Waals surface area contributed by atoms with Gasteiger partial charge < -0.3 is 4.57 Å². The maximum absolute atomic E-state index is 12.1. The first-order valence-electron chi connectivity index (χ1n) is 5.97. The van der Waals surface area contributed by atoms with Crippen LogP contribution in [0, 0.1) is 16.7 Å². The minimum absolute atomic E-state index is 0.0373. The van der Waals surface area contributed by atoms with Gasteiger partial charge >= 0.3 is 0 Å². The molecule has 5 heteroatoms. The van der Waals surface area contributed by atoms with Gasteiger partial charge in [-0.25, -0.2) is 4.52 Å². The first kappa shape index (κ1) is 12.4. The number of fused-ring (bicyclic) bond motifs is 1. The molecule has 0 saturated carbocycles. The molecule has 2 aromatic heterocycles. The highest BCUT2D eigenvalue weighted by Gasteiger charge is 2.15. The van der Waals surface area contributed by atoms with Crippen LogP contribution in [0.2, 0.25) is 0 Å². The summed E-state index contributed by atoms with van der Waals surface area (Å²) in [5, 5.41) is 12.9. The van der Waals surface area contributed by atoms with Crippen molar-refractivity contribution in [2.45, 2.75) is 33.2 Å². The van der Waals surface area contributed by atoms with E-state index in [1.807, 2.05) is 13.8 Å². The summed E-state index contributed by atoms with van der Waals surface area (Å²) in [5.41, 5.74) is 0.214. The molecule has 18 heavy (non-hydrogen) atoms. The van der Waals surface area contributed by atoms with E-state index in [4.69, 9.17) is 5.26 Å². The van der Waals surface area contributed by atoms with Crippen molar-refractivity contribution < 1.29 is 0 Å². The highest BCUT2D eigenvalue weighted by Crippen LogP contribution is 2.20. The molecule has 0 N–H and O–H groups in total.